The van der Waals surface area contributed by atoms with Crippen molar-refractivity contribution < 1.29 is 14.7 Å². The van der Waals surface area contributed by atoms with E-state index in [0.717, 1.165) is 17.9 Å². The van der Waals surface area contributed by atoms with E-state index in [1.165, 1.54) is 0 Å². The topological polar surface area (TPSA) is 78.4 Å². The predicted molar refractivity (Wildman–Crippen MR) is 65.9 cm³/mol. The molecule has 0 spiro atoms. The number of aliphatic carboxylic acids is 1. The van der Waals surface area contributed by atoms with E-state index in [4.69, 9.17) is 5.11 Å². The lowest BCUT2D eigenvalue weighted by atomic mass is 10.3. The third-order valence-electron chi connectivity index (χ3n) is 1.90. The summed E-state index contributed by atoms with van der Waals surface area (Å²) < 4.78 is 0. The third kappa shape index (κ3) is 9.64. The number of amides is 2. The maximum atomic E-state index is 11.2. The maximum Gasteiger partial charge on any atom is 0.315 e. The molecule has 0 saturated heterocycles. The fourth-order valence-corrected chi connectivity index (χ4v) is 1.84. The highest BCUT2D eigenvalue weighted by atomic mass is 32.2. The van der Waals surface area contributed by atoms with Gasteiger partial charge in [-0.25, -0.2) is 4.79 Å². The minimum Gasteiger partial charge on any atom is -0.481 e. The number of urea groups is 1. The van der Waals surface area contributed by atoms with Gasteiger partial charge in [0.25, 0.3) is 0 Å². The number of hydrogen-bond acceptors (Lipinski definition) is 3. The minimum absolute atomic E-state index is 0.0481. The first kappa shape index (κ1) is 15.1. The molecule has 3 N–H and O–H groups in total. The molecule has 0 aromatic rings. The van der Waals surface area contributed by atoms with E-state index in [2.05, 4.69) is 17.6 Å². The Hall–Kier alpha value is -0.910. The van der Waals surface area contributed by atoms with E-state index >= 15 is 0 Å². The smallest absolute Gasteiger partial charge is 0.315 e. The molecule has 0 aromatic heterocycles. The average Bonchev–Trinajstić information content (AvgIpc) is 2.17. The van der Waals surface area contributed by atoms with Crippen LogP contribution in [0.2, 0.25) is 0 Å². The Labute approximate surface area is 100 Å². The molecule has 0 rings (SSSR count). The van der Waals surface area contributed by atoms with Crippen molar-refractivity contribution in [3.05, 3.63) is 0 Å². The predicted octanol–water partition coefficient (Wildman–Crippen LogP) is 1.29. The Morgan fingerprint density at radius 1 is 1.44 bits per heavy atom. The third-order valence-corrected chi connectivity index (χ3v) is 2.83. The summed E-state index contributed by atoms with van der Waals surface area (Å²) in [6, 6.07) is -0.181. The molecule has 1 atom stereocenters. The Bertz CT molecular complexity index is 224. The van der Waals surface area contributed by atoms with Gasteiger partial charge in [0.05, 0.1) is 6.42 Å². The van der Waals surface area contributed by atoms with Crippen LogP contribution in [0.3, 0.4) is 0 Å². The highest BCUT2D eigenvalue weighted by Crippen LogP contribution is 2.03. The Morgan fingerprint density at radius 3 is 2.69 bits per heavy atom. The maximum absolute atomic E-state index is 11.2. The van der Waals surface area contributed by atoms with Crippen molar-refractivity contribution in [3.8, 4) is 0 Å². The molecule has 1 unspecified atom stereocenters. The number of carbonyl (C=O) groups excluding carboxylic acids is 1. The minimum atomic E-state index is -0.910. The van der Waals surface area contributed by atoms with Crippen molar-refractivity contribution >= 4 is 23.8 Å². The molecule has 0 heterocycles. The summed E-state index contributed by atoms with van der Waals surface area (Å²) >= 11 is 1.84. The van der Waals surface area contributed by atoms with E-state index in [0.29, 0.717) is 0 Å². The van der Waals surface area contributed by atoms with Crippen LogP contribution < -0.4 is 10.6 Å². The van der Waals surface area contributed by atoms with Gasteiger partial charge in [-0.1, -0.05) is 6.92 Å². The van der Waals surface area contributed by atoms with Crippen LogP contribution in [0, 0.1) is 0 Å². The summed E-state index contributed by atoms with van der Waals surface area (Å²) in [5.41, 5.74) is 0. The molecule has 6 heteroatoms. The molecule has 0 bridgehead atoms. The van der Waals surface area contributed by atoms with Gasteiger partial charge in [0.2, 0.25) is 0 Å². The summed E-state index contributed by atoms with van der Waals surface area (Å²) in [6.45, 7) is 4.20. The van der Waals surface area contributed by atoms with Crippen molar-refractivity contribution in [3.63, 3.8) is 0 Å². The SMILES string of the molecule is CCSCCC(C)NC(=O)NCCC(=O)O. The van der Waals surface area contributed by atoms with Crippen LogP contribution in [-0.2, 0) is 4.79 Å². The number of thioether (sulfide) groups is 1. The van der Waals surface area contributed by atoms with Gasteiger partial charge in [-0.15, -0.1) is 0 Å². The molecule has 0 aromatic carbocycles. The molecule has 0 fully saturated rings. The molecule has 94 valence electrons. The van der Waals surface area contributed by atoms with Crippen molar-refractivity contribution in [1.82, 2.24) is 10.6 Å². The first-order valence-corrected chi connectivity index (χ1v) is 6.55. The van der Waals surface area contributed by atoms with Gasteiger partial charge in [0.15, 0.2) is 0 Å². The molecule has 0 aliphatic carbocycles. The fraction of sp³-hybridized carbons (Fsp3) is 0.800. The van der Waals surface area contributed by atoms with Gasteiger partial charge >= 0.3 is 12.0 Å². The molecule has 16 heavy (non-hydrogen) atoms. The van der Waals surface area contributed by atoms with Crippen molar-refractivity contribution in [1.29, 1.82) is 0 Å². The van der Waals surface area contributed by atoms with Crippen LogP contribution in [-0.4, -0.2) is 41.2 Å². The second-order valence-electron chi connectivity index (χ2n) is 3.43. The number of hydrogen-bond donors (Lipinski definition) is 3. The van der Waals surface area contributed by atoms with E-state index in [1.54, 1.807) is 0 Å². The molecule has 0 radical (unpaired) electrons. The lowest BCUT2D eigenvalue weighted by molar-refractivity contribution is -0.136. The van der Waals surface area contributed by atoms with Crippen LogP contribution in [0.25, 0.3) is 0 Å². The summed E-state index contributed by atoms with van der Waals surface area (Å²) in [5.74, 6) is 1.19. The summed E-state index contributed by atoms with van der Waals surface area (Å²) in [5, 5.41) is 13.6. The monoisotopic (exact) mass is 248 g/mol. The highest BCUT2D eigenvalue weighted by Gasteiger charge is 2.06. The zero-order valence-corrected chi connectivity index (χ0v) is 10.6. The van der Waals surface area contributed by atoms with E-state index < -0.39 is 5.97 Å². The Balaban J connectivity index is 3.50. The average molecular weight is 248 g/mol. The van der Waals surface area contributed by atoms with Gasteiger partial charge in [-0.2, -0.15) is 11.8 Å². The molecule has 0 aliphatic rings. The molecular formula is C10H20N2O3S. The number of carboxylic acids is 1. The standard InChI is InChI=1S/C10H20N2O3S/c1-3-16-7-5-8(2)12-10(15)11-6-4-9(13)14/h8H,3-7H2,1-2H3,(H,13,14)(H2,11,12,15). The second kappa shape index (κ2) is 9.33. The summed E-state index contributed by atoms with van der Waals surface area (Å²) in [6.07, 6.45) is 0.873. The first-order valence-electron chi connectivity index (χ1n) is 5.40. The molecule has 0 aliphatic heterocycles. The van der Waals surface area contributed by atoms with Crippen molar-refractivity contribution in [2.45, 2.75) is 32.7 Å². The van der Waals surface area contributed by atoms with Gasteiger partial charge in [0, 0.05) is 12.6 Å². The van der Waals surface area contributed by atoms with Gasteiger partial charge < -0.3 is 15.7 Å². The number of rotatable bonds is 8. The number of nitrogens with one attached hydrogen (secondary N) is 2. The van der Waals surface area contributed by atoms with E-state index in [9.17, 15) is 9.59 Å². The quantitative estimate of drug-likeness (QED) is 0.566. The van der Waals surface area contributed by atoms with Crippen LogP contribution in [0.4, 0.5) is 4.79 Å². The van der Waals surface area contributed by atoms with Crippen LogP contribution in [0.5, 0.6) is 0 Å². The molecule has 2 amide bonds. The lowest BCUT2D eigenvalue weighted by Crippen LogP contribution is -2.41. The summed E-state index contributed by atoms with van der Waals surface area (Å²) in [7, 11) is 0. The largest absolute Gasteiger partial charge is 0.481 e. The van der Waals surface area contributed by atoms with Gasteiger partial charge in [-0.3, -0.25) is 4.79 Å². The summed E-state index contributed by atoms with van der Waals surface area (Å²) in [4.78, 5) is 21.4. The van der Waals surface area contributed by atoms with Crippen LogP contribution in [0.1, 0.15) is 26.7 Å². The second-order valence-corrected chi connectivity index (χ2v) is 4.82. The van der Waals surface area contributed by atoms with Crippen molar-refractivity contribution in [2.24, 2.45) is 0 Å². The highest BCUT2D eigenvalue weighted by molar-refractivity contribution is 7.99. The Morgan fingerprint density at radius 2 is 2.12 bits per heavy atom. The molecular weight excluding hydrogens is 228 g/mol. The van der Waals surface area contributed by atoms with E-state index in [-0.39, 0.29) is 25.0 Å². The zero-order chi connectivity index (χ0) is 12.4. The molecule has 0 saturated carbocycles. The molecule has 5 nitrogen and oxygen atoms in total. The zero-order valence-electron chi connectivity index (χ0n) is 9.78. The van der Waals surface area contributed by atoms with Crippen molar-refractivity contribution in [2.75, 3.05) is 18.1 Å². The van der Waals surface area contributed by atoms with Gasteiger partial charge in [-0.05, 0) is 24.9 Å². The van der Waals surface area contributed by atoms with Gasteiger partial charge in [0.1, 0.15) is 0 Å². The van der Waals surface area contributed by atoms with Crippen LogP contribution >= 0.6 is 11.8 Å². The Kier molecular flexibility index (Phi) is 8.80. The normalized spacial score (nSPS) is 11.9. The number of carbonyl (C=O) groups is 2. The van der Waals surface area contributed by atoms with Crippen LogP contribution in [0.15, 0.2) is 0 Å². The number of carboxylic acid groups (broad SMARTS) is 1. The lowest BCUT2D eigenvalue weighted by Gasteiger charge is -2.13. The van der Waals surface area contributed by atoms with E-state index in [1.807, 2.05) is 18.7 Å². The fourth-order valence-electron chi connectivity index (χ4n) is 1.03. The first-order chi connectivity index (χ1) is 7.56.